The van der Waals surface area contributed by atoms with Crippen LogP contribution in [0.2, 0.25) is 0 Å². The molecule has 1 N–H and O–H groups in total. The molecule has 3 aromatic heterocycles. The number of thiazole rings is 1. The number of nitrogens with zero attached hydrogens (tertiary/aromatic N) is 6. The van der Waals surface area contributed by atoms with Crippen molar-refractivity contribution in [2.24, 2.45) is 7.05 Å². The van der Waals surface area contributed by atoms with Gasteiger partial charge in [0.15, 0.2) is 0 Å². The molecule has 8 nitrogen and oxygen atoms in total. The summed E-state index contributed by atoms with van der Waals surface area (Å²) in [5.41, 5.74) is 1.36. The summed E-state index contributed by atoms with van der Waals surface area (Å²) in [4.78, 5) is 27.7. The first-order valence-corrected chi connectivity index (χ1v) is 9.34. The van der Waals surface area contributed by atoms with Gasteiger partial charge in [0.1, 0.15) is 10.7 Å². The third-order valence-corrected chi connectivity index (χ3v) is 5.17. The smallest absolute Gasteiger partial charge is 0.271 e. The Labute approximate surface area is 154 Å². The van der Waals surface area contributed by atoms with Gasteiger partial charge in [-0.05, 0) is 18.9 Å². The van der Waals surface area contributed by atoms with E-state index in [1.807, 2.05) is 13.2 Å². The summed E-state index contributed by atoms with van der Waals surface area (Å²) in [5.74, 6) is 0.566. The van der Waals surface area contributed by atoms with Crippen LogP contribution in [0.15, 0.2) is 36.2 Å². The van der Waals surface area contributed by atoms with Crippen LogP contribution in [0.1, 0.15) is 23.3 Å². The lowest BCUT2D eigenvalue weighted by molar-refractivity contribution is 0.0928. The zero-order valence-electron chi connectivity index (χ0n) is 14.4. The lowest BCUT2D eigenvalue weighted by Gasteiger charge is -2.32. The summed E-state index contributed by atoms with van der Waals surface area (Å²) in [5, 5.41) is 9.82. The highest BCUT2D eigenvalue weighted by atomic mass is 32.1. The molecule has 3 aromatic rings. The number of aryl methyl sites for hydroxylation is 1. The maximum atomic E-state index is 12.6. The number of carbonyl (C=O) groups is 1. The van der Waals surface area contributed by atoms with Gasteiger partial charge in [0.25, 0.3) is 5.91 Å². The highest BCUT2D eigenvalue weighted by molar-refractivity contribution is 7.13. The third-order valence-electron chi connectivity index (χ3n) is 4.28. The molecule has 4 rings (SSSR count). The Bertz CT molecular complexity index is 891. The van der Waals surface area contributed by atoms with E-state index in [1.165, 1.54) is 11.3 Å². The molecule has 0 aliphatic carbocycles. The number of anilines is 1. The van der Waals surface area contributed by atoms with Gasteiger partial charge in [-0.25, -0.2) is 15.0 Å². The van der Waals surface area contributed by atoms with Crippen molar-refractivity contribution >= 4 is 23.2 Å². The molecule has 134 valence electrons. The van der Waals surface area contributed by atoms with Crippen LogP contribution in [0.25, 0.3) is 10.6 Å². The average Bonchev–Trinajstić information content (AvgIpc) is 3.32. The molecule has 0 bridgehead atoms. The van der Waals surface area contributed by atoms with Crippen molar-refractivity contribution in [3.05, 3.63) is 41.9 Å². The van der Waals surface area contributed by atoms with E-state index in [0.29, 0.717) is 18.2 Å². The second-order valence-corrected chi connectivity index (χ2v) is 7.11. The number of amides is 1. The topological polar surface area (TPSA) is 88.8 Å². The quantitative estimate of drug-likeness (QED) is 0.753. The van der Waals surface area contributed by atoms with Crippen LogP contribution < -0.4 is 10.2 Å². The molecular formula is C17H19N7OS. The SMILES string of the molecule is Cn1cc(-c2nc(C(=O)N[C@@H]3CCCN(c4ncccn4)C3)cs2)cn1. The molecular weight excluding hydrogens is 350 g/mol. The molecule has 26 heavy (non-hydrogen) atoms. The van der Waals surface area contributed by atoms with E-state index in [1.54, 1.807) is 34.7 Å². The molecule has 1 atom stereocenters. The van der Waals surface area contributed by atoms with Crippen molar-refractivity contribution in [1.82, 2.24) is 30.0 Å². The van der Waals surface area contributed by atoms with Gasteiger partial charge >= 0.3 is 0 Å². The molecule has 0 radical (unpaired) electrons. The van der Waals surface area contributed by atoms with Gasteiger partial charge < -0.3 is 10.2 Å². The van der Waals surface area contributed by atoms with Crippen LogP contribution in [-0.4, -0.2) is 49.8 Å². The second kappa shape index (κ2) is 7.20. The Hall–Kier alpha value is -2.81. The van der Waals surface area contributed by atoms with Crippen molar-refractivity contribution in [1.29, 1.82) is 0 Å². The van der Waals surface area contributed by atoms with Crippen LogP contribution in [0.5, 0.6) is 0 Å². The normalized spacial score (nSPS) is 17.3. The predicted octanol–water partition coefficient (Wildman–Crippen LogP) is 1.73. The largest absolute Gasteiger partial charge is 0.346 e. The lowest BCUT2D eigenvalue weighted by atomic mass is 10.1. The minimum atomic E-state index is -0.141. The van der Waals surface area contributed by atoms with Crippen LogP contribution in [0.3, 0.4) is 0 Å². The Morgan fingerprint density at radius 3 is 2.96 bits per heavy atom. The fourth-order valence-electron chi connectivity index (χ4n) is 3.03. The van der Waals surface area contributed by atoms with Gasteiger partial charge in [0.05, 0.1) is 6.20 Å². The standard InChI is InChI=1S/C17H19N7OS/c1-23-9-12(8-20-23)16-22-14(11-26-16)15(25)21-13-4-2-7-24(10-13)17-18-5-3-6-19-17/h3,5-6,8-9,11,13H,2,4,7,10H2,1H3,(H,21,25)/t13-/m1/s1. The molecule has 1 aliphatic heterocycles. The van der Waals surface area contributed by atoms with Crippen LogP contribution in [-0.2, 0) is 7.05 Å². The van der Waals surface area contributed by atoms with E-state index in [2.05, 4.69) is 30.3 Å². The van der Waals surface area contributed by atoms with Crippen molar-refractivity contribution in [3.63, 3.8) is 0 Å². The Kier molecular flexibility index (Phi) is 4.61. The first-order chi connectivity index (χ1) is 12.7. The molecule has 1 fully saturated rings. The van der Waals surface area contributed by atoms with E-state index < -0.39 is 0 Å². The van der Waals surface area contributed by atoms with Gasteiger partial charge in [0, 0.05) is 55.7 Å². The first kappa shape index (κ1) is 16.6. The van der Waals surface area contributed by atoms with Crippen molar-refractivity contribution in [3.8, 4) is 10.6 Å². The zero-order valence-corrected chi connectivity index (χ0v) is 15.2. The molecule has 9 heteroatoms. The number of nitrogens with one attached hydrogen (secondary N) is 1. The van der Waals surface area contributed by atoms with Gasteiger partial charge in [-0.2, -0.15) is 5.10 Å². The van der Waals surface area contributed by atoms with E-state index in [0.717, 1.165) is 30.0 Å². The fraction of sp³-hybridized carbons (Fsp3) is 0.353. The number of aromatic nitrogens is 5. The lowest BCUT2D eigenvalue weighted by Crippen LogP contribution is -2.48. The van der Waals surface area contributed by atoms with Crippen LogP contribution in [0.4, 0.5) is 5.95 Å². The minimum absolute atomic E-state index is 0.0589. The minimum Gasteiger partial charge on any atom is -0.346 e. The number of carbonyl (C=O) groups excluding carboxylic acids is 1. The predicted molar refractivity (Wildman–Crippen MR) is 99.0 cm³/mol. The molecule has 0 unspecified atom stereocenters. The first-order valence-electron chi connectivity index (χ1n) is 8.46. The molecule has 0 saturated carbocycles. The Morgan fingerprint density at radius 2 is 2.19 bits per heavy atom. The van der Waals surface area contributed by atoms with E-state index >= 15 is 0 Å². The highest BCUT2D eigenvalue weighted by Crippen LogP contribution is 2.23. The van der Waals surface area contributed by atoms with Crippen molar-refractivity contribution in [2.75, 3.05) is 18.0 Å². The third kappa shape index (κ3) is 3.57. The number of hydrogen-bond donors (Lipinski definition) is 1. The van der Waals surface area contributed by atoms with Gasteiger partial charge in [-0.15, -0.1) is 11.3 Å². The van der Waals surface area contributed by atoms with E-state index in [9.17, 15) is 4.79 Å². The summed E-state index contributed by atoms with van der Waals surface area (Å²) in [7, 11) is 1.86. The highest BCUT2D eigenvalue weighted by Gasteiger charge is 2.24. The van der Waals surface area contributed by atoms with Crippen molar-refractivity contribution in [2.45, 2.75) is 18.9 Å². The Morgan fingerprint density at radius 1 is 1.35 bits per heavy atom. The molecule has 0 spiro atoms. The zero-order chi connectivity index (χ0) is 17.9. The number of piperidine rings is 1. The molecule has 4 heterocycles. The second-order valence-electron chi connectivity index (χ2n) is 6.25. The van der Waals surface area contributed by atoms with Crippen LogP contribution in [0, 0.1) is 0 Å². The summed E-state index contributed by atoms with van der Waals surface area (Å²) in [6, 6.07) is 1.86. The molecule has 0 aromatic carbocycles. The number of rotatable bonds is 4. The van der Waals surface area contributed by atoms with Gasteiger partial charge in [-0.3, -0.25) is 9.48 Å². The molecule has 1 saturated heterocycles. The van der Waals surface area contributed by atoms with E-state index in [-0.39, 0.29) is 11.9 Å². The van der Waals surface area contributed by atoms with Crippen molar-refractivity contribution < 1.29 is 4.79 Å². The summed E-state index contributed by atoms with van der Waals surface area (Å²) in [6.45, 7) is 1.60. The maximum Gasteiger partial charge on any atom is 0.271 e. The van der Waals surface area contributed by atoms with E-state index in [4.69, 9.17) is 0 Å². The van der Waals surface area contributed by atoms with Gasteiger partial charge in [-0.1, -0.05) is 0 Å². The molecule has 1 aliphatic rings. The maximum absolute atomic E-state index is 12.6. The Balaban J connectivity index is 1.41. The summed E-state index contributed by atoms with van der Waals surface area (Å²) < 4.78 is 1.72. The summed E-state index contributed by atoms with van der Waals surface area (Å²) >= 11 is 1.45. The fourth-order valence-corrected chi connectivity index (χ4v) is 3.81. The monoisotopic (exact) mass is 369 g/mol. The van der Waals surface area contributed by atoms with Gasteiger partial charge in [0.2, 0.25) is 5.95 Å². The molecule has 1 amide bonds. The average molecular weight is 369 g/mol. The summed E-state index contributed by atoms with van der Waals surface area (Å²) in [6.07, 6.45) is 9.04. The number of hydrogen-bond acceptors (Lipinski definition) is 7. The van der Waals surface area contributed by atoms with Crippen LogP contribution >= 0.6 is 11.3 Å².